The fraction of sp³-hybridized carbons (Fsp3) is 0.0909. The Hall–Kier alpha value is -2.10. The van der Waals surface area contributed by atoms with Crippen molar-refractivity contribution in [3.8, 4) is 0 Å². The highest BCUT2D eigenvalue weighted by Gasteiger charge is 2.07. The van der Waals surface area contributed by atoms with E-state index in [9.17, 15) is 9.59 Å². The quantitative estimate of drug-likeness (QED) is 0.739. The molecule has 2 aromatic heterocycles. The number of aromatic amines is 2. The highest BCUT2D eigenvalue weighted by molar-refractivity contribution is 5.77. The summed E-state index contributed by atoms with van der Waals surface area (Å²) in [5.74, 6) is 0. The van der Waals surface area contributed by atoms with Gasteiger partial charge in [-0.05, 0) is 23.3 Å². The van der Waals surface area contributed by atoms with Gasteiger partial charge in [-0.2, -0.15) is 0 Å². The highest BCUT2D eigenvalue weighted by atomic mass is 16.1. The van der Waals surface area contributed by atoms with Crippen LogP contribution in [0.25, 0.3) is 0 Å². The van der Waals surface area contributed by atoms with Crippen molar-refractivity contribution < 1.29 is 9.59 Å². The molecule has 76 valence electrons. The van der Waals surface area contributed by atoms with Crippen LogP contribution in [0, 0.1) is 0 Å². The predicted molar refractivity (Wildman–Crippen MR) is 55.2 cm³/mol. The lowest BCUT2D eigenvalue weighted by Gasteiger charge is -1.97. The number of aromatic nitrogens is 2. The molecule has 0 radical (unpaired) electrons. The van der Waals surface area contributed by atoms with Crippen LogP contribution in [0.3, 0.4) is 0 Å². The molecule has 4 nitrogen and oxygen atoms in total. The smallest absolute Gasteiger partial charge is 0.166 e. The van der Waals surface area contributed by atoms with Crippen LogP contribution in [0.5, 0.6) is 0 Å². The maximum Gasteiger partial charge on any atom is 0.166 e. The Bertz CT molecular complexity index is 438. The molecule has 0 unspecified atom stereocenters. The molecule has 2 rings (SSSR count). The number of rotatable bonds is 4. The second kappa shape index (κ2) is 3.96. The molecule has 0 aliphatic rings. The summed E-state index contributed by atoms with van der Waals surface area (Å²) < 4.78 is 0. The van der Waals surface area contributed by atoms with E-state index in [0.29, 0.717) is 17.8 Å². The summed E-state index contributed by atoms with van der Waals surface area (Å²) in [6.45, 7) is 0. The van der Waals surface area contributed by atoms with Gasteiger partial charge in [0.2, 0.25) is 0 Å². The van der Waals surface area contributed by atoms with Crippen molar-refractivity contribution in [1.82, 2.24) is 9.97 Å². The van der Waals surface area contributed by atoms with E-state index in [4.69, 9.17) is 0 Å². The number of hydrogen-bond acceptors (Lipinski definition) is 2. The maximum atomic E-state index is 10.7. The molecule has 0 aliphatic carbocycles. The lowest BCUT2D eigenvalue weighted by molar-refractivity contribution is 0.111. The number of nitrogens with one attached hydrogen (secondary N) is 2. The van der Waals surface area contributed by atoms with Crippen LogP contribution in [0.15, 0.2) is 24.5 Å². The third-order valence-electron chi connectivity index (χ3n) is 2.36. The number of aldehydes is 2. The summed E-state index contributed by atoms with van der Waals surface area (Å²) in [5.41, 5.74) is 2.92. The van der Waals surface area contributed by atoms with Gasteiger partial charge in [0, 0.05) is 18.8 Å². The van der Waals surface area contributed by atoms with Crippen LogP contribution in [0.2, 0.25) is 0 Å². The third-order valence-corrected chi connectivity index (χ3v) is 2.36. The molecule has 15 heavy (non-hydrogen) atoms. The molecule has 2 N–H and O–H groups in total. The van der Waals surface area contributed by atoms with Crippen molar-refractivity contribution in [3.63, 3.8) is 0 Å². The Morgan fingerprint density at radius 3 is 1.80 bits per heavy atom. The van der Waals surface area contributed by atoms with Crippen molar-refractivity contribution in [2.45, 2.75) is 6.42 Å². The monoisotopic (exact) mass is 202 g/mol. The van der Waals surface area contributed by atoms with Gasteiger partial charge in [-0.1, -0.05) is 0 Å². The zero-order chi connectivity index (χ0) is 10.7. The van der Waals surface area contributed by atoms with Crippen molar-refractivity contribution in [2.24, 2.45) is 0 Å². The first-order chi connectivity index (χ1) is 7.35. The van der Waals surface area contributed by atoms with Crippen LogP contribution >= 0.6 is 0 Å². The van der Waals surface area contributed by atoms with Crippen molar-refractivity contribution >= 4 is 12.6 Å². The number of H-pyrrole nitrogens is 2. The number of carbonyl (C=O) groups is 2. The topological polar surface area (TPSA) is 65.7 Å². The first-order valence-electron chi connectivity index (χ1n) is 4.58. The molecular formula is C11H10N2O2. The molecule has 0 bridgehead atoms. The van der Waals surface area contributed by atoms with Gasteiger partial charge in [0.15, 0.2) is 12.6 Å². The van der Waals surface area contributed by atoms with E-state index in [1.54, 1.807) is 12.4 Å². The minimum atomic E-state index is 0.563. The summed E-state index contributed by atoms with van der Waals surface area (Å²) in [6.07, 6.45) is 5.57. The molecule has 0 aromatic carbocycles. The number of carbonyl (C=O) groups excluding carboxylic acids is 2. The van der Waals surface area contributed by atoms with Gasteiger partial charge in [-0.25, -0.2) is 0 Å². The van der Waals surface area contributed by atoms with Gasteiger partial charge < -0.3 is 9.97 Å². The van der Waals surface area contributed by atoms with E-state index in [0.717, 1.165) is 23.7 Å². The standard InChI is InChI=1S/C11H10N2O2/c14-6-10-8(1-3-12-10)5-9-2-4-13-11(9)7-15/h1-4,6-7,12-13H,5H2. The minimum absolute atomic E-state index is 0.563. The van der Waals surface area contributed by atoms with Crippen LogP contribution in [-0.2, 0) is 6.42 Å². The lowest BCUT2D eigenvalue weighted by Crippen LogP contribution is -1.94. The summed E-state index contributed by atoms with van der Waals surface area (Å²) in [6, 6.07) is 3.68. The van der Waals surface area contributed by atoms with Crippen LogP contribution < -0.4 is 0 Å². The van der Waals surface area contributed by atoms with Crippen LogP contribution in [0.1, 0.15) is 32.1 Å². The summed E-state index contributed by atoms with van der Waals surface area (Å²) in [4.78, 5) is 27.0. The molecule has 0 aliphatic heterocycles. The normalized spacial score (nSPS) is 10.1. The van der Waals surface area contributed by atoms with E-state index in [1.807, 2.05) is 12.1 Å². The molecule has 4 heteroatoms. The largest absolute Gasteiger partial charge is 0.359 e. The number of hydrogen-bond donors (Lipinski definition) is 2. The van der Waals surface area contributed by atoms with Crippen molar-refractivity contribution in [1.29, 1.82) is 0 Å². The van der Waals surface area contributed by atoms with E-state index in [2.05, 4.69) is 9.97 Å². The SMILES string of the molecule is O=Cc1[nH]ccc1Cc1cc[nH]c1C=O. The molecule has 0 spiro atoms. The van der Waals surface area contributed by atoms with Gasteiger partial charge in [0.25, 0.3) is 0 Å². The molecular weight excluding hydrogens is 192 g/mol. The Kier molecular flexibility index (Phi) is 2.49. The van der Waals surface area contributed by atoms with Gasteiger partial charge in [0.05, 0.1) is 11.4 Å². The van der Waals surface area contributed by atoms with E-state index >= 15 is 0 Å². The second-order valence-corrected chi connectivity index (χ2v) is 3.25. The van der Waals surface area contributed by atoms with Gasteiger partial charge in [0.1, 0.15) is 0 Å². The van der Waals surface area contributed by atoms with Crippen LogP contribution in [-0.4, -0.2) is 22.5 Å². The zero-order valence-electron chi connectivity index (χ0n) is 7.99. The zero-order valence-corrected chi connectivity index (χ0v) is 7.99. The first kappa shape index (κ1) is 9.45. The van der Waals surface area contributed by atoms with Crippen molar-refractivity contribution in [2.75, 3.05) is 0 Å². The average Bonchev–Trinajstić information content (AvgIpc) is 2.87. The Morgan fingerprint density at radius 2 is 1.40 bits per heavy atom. The summed E-state index contributed by atoms with van der Waals surface area (Å²) in [5, 5.41) is 0. The third kappa shape index (κ3) is 1.74. The lowest BCUT2D eigenvalue weighted by atomic mass is 10.1. The van der Waals surface area contributed by atoms with E-state index < -0.39 is 0 Å². The fourth-order valence-corrected chi connectivity index (χ4v) is 1.56. The maximum absolute atomic E-state index is 10.7. The Labute approximate surface area is 86.3 Å². The van der Waals surface area contributed by atoms with Gasteiger partial charge in [-0.15, -0.1) is 0 Å². The minimum Gasteiger partial charge on any atom is -0.359 e. The first-order valence-corrected chi connectivity index (χ1v) is 4.58. The molecule has 2 aromatic rings. The van der Waals surface area contributed by atoms with E-state index in [-0.39, 0.29) is 0 Å². The van der Waals surface area contributed by atoms with Gasteiger partial charge in [-0.3, -0.25) is 9.59 Å². The highest BCUT2D eigenvalue weighted by Crippen LogP contribution is 2.14. The van der Waals surface area contributed by atoms with Gasteiger partial charge >= 0.3 is 0 Å². The average molecular weight is 202 g/mol. The molecule has 0 saturated heterocycles. The molecule has 0 atom stereocenters. The summed E-state index contributed by atoms with van der Waals surface area (Å²) in [7, 11) is 0. The Morgan fingerprint density at radius 1 is 0.933 bits per heavy atom. The fourth-order valence-electron chi connectivity index (χ4n) is 1.56. The molecule has 0 amide bonds. The summed E-state index contributed by atoms with van der Waals surface area (Å²) >= 11 is 0. The van der Waals surface area contributed by atoms with E-state index in [1.165, 1.54) is 0 Å². The molecule has 2 heterocycles. The predicted octanol–water partition coefficient (Wildman–Crippen LogP) is 1.56. The van der Waals surface area contributed by atoms with Crippen LogP contribution in [0.4, 0.5) is 0 Å². The second-order valence-electron chi connectivity index (χ2n) is 3.25. The molecule has 0 saturated carbocycles. The van der Waals surface area contributed by atoms with Crippen molar-refractivity contribution in [3.05, 3.63) is 47.0 Å². The molecule has 0 fully saturated rings. The Balaban J connectivity index is 2.29.